The molecule has 1 amide bonds. The molecular weight excluding hydrogens is 450 g/mol. The number of carbonyl (C=O) groups is 1. The topological polar surface area (TPSA) is 96.4 Å². The molecule has 0 N–H and O–H groups in total. The molecule has 0 bridgehead atoms. The first-order valence-electron chi connectivity index (χ1n) is 11.0. The molecule has 1 saturated heterocycles. The van der Waals surface area contributed by atoms with Gasteiger partial charge in [-0.3, -0.25) is 14.8 Å². The van der Waals surface area contributed by atoms with Crippen molar-refractivity contribution in [1.29, 1.82) is 0 Å². The zero-order valence-electron chi connectivity index (χ0n) is 18.4. The maximum atomic E-state index is 13.1. The molecule has 1 fully saturated rings. The first kappa shape index (κ1) is 22.0. The van der Waals surface area contributed by atoms with E-state index in [9.17, 15) is 13.2 Å². The SMILES string of the molecule is O=C(c1ccc(CS(=O)(=O)c2cccc3cccnc23)cc1)N1CCN(c2cnccn2)CC1. The van der Waals surface area contributed by atoms with E-state index in [1.807, 2.05) is 12.1 Å². The van der Waals surface area contributed by atoms with Crippen LogP contribution in [-0.4, -0.2) is 60.4 Å². The number of carbonyl (C=O) groups excluding carboxylic acids is 1. The number of anilines is 1. The lowest BCUT2D eigenvalue weighted by Crippen LogP contribution is -2.49. The van der Waals surface area contributed by atoms with E-state index in [4.69, 9.17) is 0 Å². The van der Waals surface area contributed by atoms with Gasteiger partial charge in [0.15, 0.2) is 9.84 Å². The van der Waals surface area contributed by atoms with Crippen molar-refractivity contribution in [2.75, 3.05) is 31.1 Å². The van der Waals surface area contributed by atoms with Gasteiger partial charge < -0.3 is 9.80 Å². The van der Waals surface area contributed by atoms with Crippen LogP contribution < -0.4 is 4.90 Å². The van der Waals surface area contributed by atoms with Crippen LogP contribution in [0.5, 0.6) is 0 Å². The molecule has 172 valence electrons. The number of para-hydroxylation sites is 1. The molecule has 0 unspecified atom stereocenters. The quantitative estimate of drug-likeness (QED) is 0.440. The zero-order chi connectivity index (χ0) is 23.5. The Balaban J connectivity index is 1.26. The summed E-state index contributed by atoms with van der Waals surface area (Å²) in [6, 6.07) is 15.6. The lowest BCUT2D eigenvalue weighted by Gasteiger charge is -2.35. The van der Waals surface area contributed by atoms with E-state index in [1.165, 1.54) is 0 Å². The normalized spacial score (nSPS) is 14.4. The first-order valence-corrected chi connectivity index (χ1v) is 12.6. The number of benzene rings is 2. The van der Waals surface area contributed by atoms with Crippen molar-refractivity contribution >= 4 is 32.5 Å². The van der Waals surface area contributed by atoms with Gasteiger partial charge in [-0.15, -0.1) is 0 Å². The van der Waals surface area contributed by atoms with Crippen LogP contribution in [0, 0.1) is 0 Å². The monoisotopic (exact) mass is 473 g/mol. The first-order chi connectivity index (χ1) is 16.5. The van der Waals surface area contributed by atoms with Gasteiger partial charge in [0, 0.05) is 55.7 Å². The van der Waals surface area contributed by atoms with E-state index in [0.29, 0.717) is 42.8 Å². The number of nitrogens with zero attached hydrogens (tertiary/aromatic N) is 5. The predicted molar refractivity (Wildman–Crippen MR) is 129 cm³/mol. The Morgan fingerprint density at radius 1 is 0.853 bits per heavy atom. The summed E-state index contributed by atoms with van der Waals surface area (Å²) in [6.07, 6.45) is 6.61. The maximum Gasteiger partial charge on any atom is 0.253 e. The number of rotatable bonds is 5. The number of piperazine rings is 1. The number of pyridine rings is 1. The van der Waals surface area contributed by atoms with Crippen LogP contribution in [-0.2, 0) is 15.6 Å². The van der Waals surface area contributed by atoms with Crippen LogP contribution in [0.25, 0.3) is 10.9 Å². The van der Waals surface area contributed by atoms with E-state index in [1.54, 1.807) is 72.2 Å². The fourth-order valence-electron chi connectivity index (χ4n) is 4.14. The summed E-state index contributed by atoms with van der Waals surface area (Å²) in [4.78, 5) is 29.8. The fraction of sp³-hybridized carbons (Fsp3) is 0.200. The van der Waals surface area contributed by atoms with Crippen LogP contribution in [0.1, 0.15) is 15.9 Å². The number of sulfone groups is 1. The van der Waals surface area contributed by atoms with Gasteiger partial charge in [0.1, 0.15) is 5.82 Å². The average Bonchev–Trinajstić information content (AvgIpc) is 2.89. The molecule has 0 radical (unpaired) electrons. The largest absolute Gasteiger partial charge is 0.352 e. The van der Waals surface area contributed by atoms with Gasteiger partial charge in [-0.1, -0.05) is 30.3 Å². The minimum atomic E-state index is -3.60. The molecule has 1 aliphatic heterocycles. The van der Waals surface area contributed by atoms with Crippen molar-refractivity contribution in [3.63, 3.8) is 0 Å². The molecule has 0 atom stereocenters. The van der Waals surface area contributed by atoms with E-state index >= 15 is 0 Å². The molecule has 2 aromatic carbocycles. The Labute approximate surface area is 197 Å². The number of hydrogen-bond donors (Lipinski definition) is 0. The van der Waals surface area contributed by atoms with Gasteiger partial charge in [-0.2, -0.15) is 0 Å². The number of fused-ring (bicyclic) bond motifs is 1. The van der Waals surface area contributed by atoms with E-state index in [-0.39, 0.29) is 16.6 Å². The molecule has 34 heavy (non-hydrogen) atoms. The van der Waals surface area contributed by atoms with Gasteiger partial charge >= 0.3 is 0 Å². The van der Waals surface area contributed by atoms with Crippen molar-refractivity contribution < 1.29 is 13.2 Å². The highest BCUT2D eigenvalue weighted by Gasteiger charge is 2.24. The average molecular weight is 474 g/mol. The molecular formula is C25H23N5O3S. The Kier molecular flexibility index (Phi) is 5.93. The van der Waals surface area contributed by atoms with E-state index in [2.05, 4.69) is 19.9 Å². The molecule has 0 aliphatic carbocycles. The van der Waals surface area contributed by atoms with E-state index < -0.39 is 9.84 Å². The van der Waals surface area contributed by atoms with Crippen LogP contribution in [0.15, 0.2) is 84.3 Å². The van der Waals surface area contributed by atoms with Crippen LogP contribution >= 0.6 is 0 Å². The molecule has 1 aliphatic rings. The van der Waals surface area contributed by atoms with Crippen molar-refractivity contribution in [3.05, 3.63) is 90.5 Å². The van der Waals surface area contributed by atoms with Crippen LogP contribution in [0.3, 0.4) is 0 Å². The van der Waals surface area contributed by atoms with Gasteiger partial charge in [0.2, 0.25) is 0 Å². The third kappa shape index (κ3) is 4.47. The molecule has 0 saturated carbocycles. The van der Waals surface area contributed by atoms with Gasteiger partial charge in [-0.05, 0) is 29.8 Å². The zero-order valence-corrected chi connectivity index (χ0v) is 19.2. The summed E-state index contributed by atoms with van der Waals surface area (Å²) < 4.78 is 26.2. The summed E-state index contributed by atoms with van der Waals surface area (Å²) in [6.45, 7) is 2.53. The molecule has 4 aromatic rings. The van der Waals surface area contributed by atoms with Gasteiger partial charge in [-0.25, -0.2) is 13.4 Å². The summed E-state index contributed by atoms with van der Waals surface area (Å²) in [7, 11) is -3.60. The summed E-state index contributed by atoms with van der Waals surface area (Å²) in [5.74, 6) is 0.585. The minimum Gasteiger partial charge on any atom is -0.352 e. The van der Waals surface area contributed by atoms with Gasteiger partial charge in [0.25, 0.3) is 5.91 Å². The highest BCUT2D eigenvalue weighted by molar-refractivity contribution is 7.90. The Hall–Kier alpha value is -3.85. The van der Waals surface area contributed by atoms with Crippen molar-refractivity contribution in [3.8, 4) is 0 Å². The standard InChI is InChI=1S/C25H23N5O3S/c31-25(30-15-13-29(14-16-30)23-17-26-11-12-27-23)21-8-6-19(7-9-21)18-34(32,33)22-5-1-3-20-4-2-10-28-24(20)22/h1-12,17H,13-16,18H2. The van der Waals surface area contributed by atoms with E-state index in [0.717, 1.165) is 11.2 Å². The molecule has 0 spiro atoms. The summed E-state index contributed by atoms with van der Waals surface area (Å²) in [5, 5.41) is 0.781. The van der Waals surface area contributed by atoms with Gasteiger partial charge in [0.05, 0.1) is 22.4 Å². The minimum absolute atomic E-state index is 0.0635. The Bertz CT molecular complexity index is 1410. The number of amides is 1. The molecule has 9 heteroatoms. The molecule has 3 heterocycles. The number of aromatic nitrogens is 3. The molecule has 2 aromatic heterocycles. The Morgan fingerprint density at radius 3 is 2.35 bits per heavy atom. The number of hydrogen-bond acceptors (Lipinski definition) is 7. The van der Waals surface area contributed by atoms with Crippen molar-refractivity contribution in [2.24, 2.45) is 0 Å². The maximum absolute atomic E-state index is 13.1. The van der Waals surface area contributed by atoms with Crippen molar-refractivity contribution in [2.45, 2.75) is 10.6 Å². The van der Waals surface area contributed by atoms with Crippen LogP contribution in [0.2, 0.25) is 0 Å². The molecule has 5 rings (SSSR count). The Morgan fingerprint density at radius 2 is 1.62 bits per heavy atom. The lowest BCUT2D eigenvalue weighted by atomic mass is 10.1. The summed E-state index contributed by atoms with van der Waals surface area (Å²) in [5.41, 5.74) is 1.63. The van der Waals surface area contributed by atoms with Crippen LogP contribution in [0.4, 0.5) is 5.82 Å². The third-order valence-electron chi connectivity index (χ3n) is 5.93. The second-order valence-corrected chi connectivity index (χ2v) is 10.1. The lowest BCUT2D eigenvalue weighted by molar-refractivity contribution is 0.0746. The second-order valence-electron chi connectivity index (χ2n) is 8.13. The predicted octanol–water partition coefficient (Wildman–Crippen LogP) is 2.96. The smallest absolute Gasteiger partial charge is 0.253 e. The third-order valence-corrected chi connectivity index (χ3v) is 7.64. The summed E-state index contributed by atoms with van der Waals surface area (Å²) >= 11 is 0. The second kappa shape index (κ2) is 9.18. The highest BCUT2D eigenvalue weighted by atomic mass is 32.2. The van der Waals surface area contributed by atoms with Crippen molar-refractivity contribution in [1.82, 2.24) is 19.9 Å². The highest BCUT2D eigenvalue weighted by Crippen LogP contribution is 2.24. The molecule has 8 nitrogen and oxygen atoms in total. The fourth-order valence-corrected chi connectivity index (χ4v) is 5.68.